The first-order valence-corrected chi connectivity index (χ1v) is 7.01. The number of dihydropyridines is 1. The number of rotatable bonds is 4. The minimum Gasteiger partial charge on any atom is -0.496 e. The van der Waals surface area contributed by atoms with Crippen molar-refractivity contribution >= 4 is 23.2 Å². The maximum absolute atomic E-state index is 11.6. The van der Waals surface area contributed by atoms with Crippen LogP contribution in [0.1, 0.15) is 12.5 Å². The Balaban J connectivity index is 2.28. The van der Waals surface area contributed by atoms with Crippen LogP contribution in [0.2, 0.25) is 0 Å². The Morgan fingerprint density at radius 1 is 1.55 bits per heavy atom. The van der Waals surface area contributed by atoms with Crippen molar-refractivity contribution in [2.24, 2.45) is 10.9 Å². The summed E-state index contributed by atoms with van der Waals surface area (Å²) in [5.41, 5.74) is 0.791. The second-order valence-corrected chi connectivity index (χ2v) is 5.39. The van der Waals surface area contributed by atoms with Gasteiger partial charge < -0.3 is 14.8 Å². The minimum absolute atomic E-state index is 0.377. The van der Waals surface area contributed by atoms with Crippen molar-refractivity contribution in [1.82, 2.24) is 9.97 Å². The van der Waals surface area contributed by atoms with Crippen molar-refractivity contribution in [3.63, 3.8) is 0 Å². The lowest BCUT2D eigenvalue weighted by molar-refractivity contribution is -0.142. The lowest BCUT2D eigenvalue weighted by Gasteiger charge is -2.34. The molecule has 0 radical (unpaired) electrons. The number of hydrogen-bond acceptors (Lipinski definition) is 4. The maximum atomic E-state index is 11.6. The molecular weight excluding hydrogens is 282 g/mol. The summed E-state index contributed by atoms with van der Waals surface area (Å²) in [5, 5.41) is 10.4. The molecule has 3 rings (SSSR count). The van der Waals surface area contributed by atoms with Gasteiger partial charge in [-0.05, 0) is 17.7 Å². The number of aromatic amines is 1. The van der Waals surface area contributed by atoms with Gasteiger partial charge >= 0.3 is 5.97 Å². The lowest BCUT2D eigenvalue weighted by Crippen LogP contribution is -2.40. The standard InChI is InChI=1S/C16H17N3O3/c1-10(15(20)21)16(5-3-6-17-9-16)11-8-19-14-13(11)12(22-2)4-7-18-14/h3-8,10H,9H2,1-2H3,(H,18,19)(H,20,21). The summed E-state index contributed by atoms with van der Waals surface area (Å²) in [7, 11) is 1.59. The number of carboxylic acids is 1. The number of nitrogens with one attached hydrogen (secondary N) is 1. The van der Waals surface area contributed by atoms with E-state index in [9.17, 15) is 9.90 Å². The molecule has 114 valence electrons. The predicted octanol–water partition coefficient (Wildman–Crippen LogP) is 2.17. The quantitative estimate of drug-likeness (QED) is 0.905. The molecule has 22 heavy (non-hydrogen) atoms. The predicted molar refractivity (Wildman–Crippen MR) is 83.6 cm³/mol. The van der Waals surface area contributed by atoms with Crippen molar-refractivity contribution in [2.45, 2.75) is 12.3 Å². The third-order valence-corrected chi connectivity index (χ3v) is 4.34. The van der Waals surface area contributed by atoms with Crippen LogP contribution >= 0.6 is 0 Å². The molecule has 0 spiro atoms. The number of allylic oxidation sites excluding steroid dienone is 1. The first-order valence-electron chi connectivity index (χ1n) is 7.01. The SMILES string of the molecule is COc1ccnc2[nH]cc(C3(C(C)C(=O)O)C=CC=NC3)c12. The van der Waals surface area contributed by atoms with E-state index in [2.05, 4.69) is 15.0 Å². The second-order valence-electron chi connectivity index (χ2n) is 5.39. The van der Waals surface area contributed by atoms with Crippen molar-refractivity contribution in [3.05, 3.63) is 36.2 Å². The molecular formula is C16H17N3O3. The third-order valence-electron chi connectivity index (χ3n) is 4.34. The average molecular weight is 299 g/mol. The van der Waals surface area contributed by atoms with E-state index >= 15 is 0 Å². The van der Waals surface area contributed by atoms with Gasteiger partial charge in [0.05, 0.1) is 25.0 Å². The van der Waals surface area contributed by atoms with Crippen molar-refractivity contribution in [2.75, 3.05) is 13.7 Å². The van der Waals surface area contributed by atoms with E-state index in [0.29, 0.717) is 17.9 Å². The molecule has 0 aliphatic carbocycles. The number of nitrogens with zero attached hydrogens (tertiary/aromatic N) is 2. The molecule has 2 atom stereocenters. The summed E-state index contributed by atoms with van der Waals surface area (Å²) < 4.78 is 5.43. The topological polar surface area (TPSA) is 87.6 Å². The van der Waals surface area contributed by atoms with Crippen LogP contribution in [0.25, 0.3) is 11.0 Å². The third kappa shape index (κ3) is 1.99. The normalized spacial score (nSPS) is 21.9. The number of fused-ring (bicyclic) bond motifs is 1. The van der Waals surface area contributed by atoms with Gasteiger partial charge in [0.15, 0.2) is 0 Å². The smallest absolute Gasteiger partial charge is 0.307 e. The molecule has 2 N–H and O–H groups in total. The largest absolute Gasteiger partial charge is 0.496 e. The van der Waals surface area contributed by atoms with Gasteiger partial charge in [-0.2, -0.15) is 0 Å². The summed E-state index contributed by atoms with van der Waals surface area (Å²) in [5.74, 6) is -0.828. The zero-order valence-electron chi connectivity index (χ0n) is 12.4. The molecule has 0 amide bonds. The molecule has 0 aromatic carbocycles. The second kappa shape index (κ2) is 5.29. The molecule has 0 bridgehead atoms. The van der Waals surface area contributed by atoms with Gasteiger partial charge in [0.2, 0.25) is 0 Å². The Kier molecular flexibility index (Phi) is 3.44. The van der Waals surface area contributed by atoms with Gasteiger partial charge in [-0.1, -0.05) is 13.0 Å². The van der Waals surface area contributed by atoms with E-state index in [1.54, 1.807) is 38.6 Å². The van der Waals surface area contributed by atoms with Crippen LogP contribution in [0.15, 0.2) is 35.6 Å². The highest BCUT2D eigenvalue weighted by Crippen LogP contribution is 2.42. The summed E-state index contributed by atoms with van der Waals surface area (Å²) in [4.78, 5) is 23.4. The number of carbonyl (C=O) groups is 1. The van der Waals surface area contributed by atoms with Crippen LogP contribution in [0.3, 0.4) is 0 Å². The van der Waals surface area contributed by atoms with E-state index in [1.165, 1.54) is 0 Å². The number of pyridine rings is 1. The Morgan fingerprint density at radius 3 is 3.00 bits per heavy atom. The number of aliphatic imine (C=N–C) groups is 1. The molecule has 2 unspecified atom stereocenters. The number of H-pyrrole nitrogens is 1. The van der Waals surface area contributed by atoms with Crippen molar-refractivity contribution in [3.8, 4) is 5.75 Å². The molecule has 1 aliphatic heterocycles. The molecule has 2 aromatic rings. The fourth-order valence-corrected chi connectivity index (χ4v) is 3.01. The van der Waals surface area contributed by atoms with Gasteiger partial charge in [0, 0.05) is 24.0 Å². The molecule has 6 nitrogen and oxygen atoms in total. The monoisotopic (exact) mass is 299 g/mol. The van der Waals surface area contributed by atoms with E-state index < -0.39 is 17.3 Å². The Bertz CT molecular complexity index is 778. The Morgan fingerprint density at radius 2 is 2.36 bits per heavy atom. The highest BCUT2D eigenvalue weighted by Gasteiger charge is 2.42. The van der Waals surface area contributed by atoms with Gasteiger partial charge in [-0.25, -0.2) is 4.98 Å². The number of aromatic nitrogens is 2. The van der Waals surface area contributed by atoms with Crippen LogP contribution in [-0.4, -0.2) is 40.9 Å². The highest BCUT2D eigenvalue weighted by atomic mass is 16.5. The summed E-state index contributed by atoms with van der Waals surface area (Å²) in [6.45, 7) is 2.08. The summed E-state index contributed by atoms with van der Waals surface area (Å²) in [6, 6.07) is 1.77. The lowest BCUT2D eigenvalue weighted by atomic mass is 9.70. The van der Waals surface area contributed by atoms with Crippen LogP contribution in [0, 0.1) is 5.92 Å². The average Bonchev–Trinajstić information content (AvgIpc) is 2.99. The summed E-state index contributed by atoms with van der Waals surface area (Å²) >= 11 is 0. The van der Waals surface area contributed by atoms with Gasteiger partial charge in [-0.15, -0.1) is 0 Å². The Labute approximate surface area is 127 Å². The van der Waals surface area contributed by atoms with Gasteiger partial charge in [0.25, 0.3) is 0 Å². The first kappa shape index (κ1) is 14.3. The molecule has 3 heterocycles. The van der Waals surface area contributed by atoms with Crippen LogP contribution in [0.5, 0.6) is 5.75 Å². The number of ether oxygens (including phenoxy) is 1. The summed E-state index contributed by atoms with van der Waals surface area (Å²) in [6.07, 6.45) is 8.87. The van der Waals surface area contributed by atoms with Crippen molar-refractivity contribution < 1.29 is 14.6 Å². The van der Waals surface area contributed by atoms with Crippen LogP contribution in [0.4, 0.5) is 0 Å². The Hall–Kier alpha value is -2.63. The van der Waals surface area contributed by atoms with Crippen LogP contribution in [-0.2, 0) is 10.2 Å². The highest BCUT2D eigenvalue weighted by molar-refractivity contribution is 5.90. The zero-order chi connectivity index (χ0) is 15.7. The van der Waals surface area contributed by atoms with Crippen LogP contribution < -0.4 is 4.74 Å². The molecule has 0 saturated heterocycles. The molecule has 1 aliphatic rings. The maximum Gasteiger partial charge on any atom is 0.307 e. The minimum atomic E-state index is -0.862. The molecule has 6 heteroatoms. The van der Waals surface area contributed by atoms with E-state index in [-0.39, 0.29) is 0 Å². The fraction of sp³-hybridized carbons (Fsp3) is 0.312. The zero-order valence-corrected chi connectivity index (χ0v) is 12.4. The first-order chi connectivity index (χ1) is 10.6. The number of carboxylic acid groups (broad SMARTS) is 1. The van der Waals surface area contributed by atoms with Crippen molar-refractivity contribution in [1.29, 1.82) is 0 Å². The number of hydrogen-bond donors (Lipinski definition) is 2. The molecule has 0 saturated carbocycles. The number of aliphatic carboxylic acids is 1. The number of methoxy groups -OCH3 is 1. The van der Waals surface area contributed by atoms with E-state index in [0.717, 1.165) is 10.9 Å². The van der Waals surface area contributed by atoms with Gasteiger partial charge in [-0.3, -0.25) is 9.79 Å². The van der Waals surface area contributed by atoms with Gasteiger partial charge in [0.1, 0.15) is 11.4 Å². The van der Waals surface area contributed by atoms with E-state index in [1.807, 2.05) is 12.3 Å². The van der Waals surface area contributed by atoms with E-state index in [4.69, 9.17) is 4.74 Å². The fourth-order valence-electron chi connectivity index (χ4n) is 3.01. The molecule has 0 fully saturated rings. The molecule has 2 aromatic heterocycles.